The quantitative estimate of drug-likeness (QED) is 0.453. The Kier molecular flexibility index (Phi) is 6.28. The van der Waals surface area contributed by atoms with Crippen molar-refractivity contribution in [1.29, 1.82) is 0 Å². The summed E-state index contributed by atoms with van der Waals surface area (Å²) in [5.41, 5.74) is 3.79. The van der Waals surface area contributed by atoms with Crippen LogP contribution in [-0.2, 0) is 4.79 Å². The molecule has 0 bridgehead atoms. The van der Waals surface area contributed by atoms with E-state index in [0.29, 0.717) is 22.5 Å². The Hall–Kier alpha value is -3.20. The molecule has 0 saturated carbocycles. The summed E-state index contributed by atoms with van der Waals surface area (Å²) in [4.78, 5) is 12.3. The van der Waals surface area contributed by atoms with Gasteiger partial charge in [-0.2, -0.15) is 0 Å². The normalized spacial score (nSPS) is 10.6. The van der Waals surface area contributed by atoms with Crippen LogP contribution in [0.4, 0.5) is 5.69 Å². The number of amides is 1. The SMILES string of the molecule is COc1ccc(-c2nnc(SCC(=O)Nc3ccc(C)c(C)c3)n2N)cc1OC. The number of aromatic nitrogens is 3. The Morgan fingerprint density at radius 3 is 2.52 bits per heavy atom. The van der Waals surface area contributed by atoms with E-state index in [1.54, 1.807) is 26.4 Å². The number of hydrogen-bond acceptors (Lipinski definition) is 7. The minimum atomic E-state index is -0.145. The molecule has 1 amide bonds. The number of rotatable bonds is 7. The summed E-state index contributed by atoms with van der Waals surface area (Å²) in [6, 6.07) is 11.2. The first-order chi connectivity index (χ1) is 13.9. The van der Waals surface area contributed by atoms with E-state index in [1.807, 2.05) is 38.1 Å². The zero-order valence-electron chi connectivity index (χ0n) is 16.7. The fourth-order valence-electron chi connectivity index (χ4n) is 2.69. The summed E-state index contributed by atoms with van der Waals surface area (Å²) < 4.78 is 11.9. The van der Waals surface area contributed by atoms with E-state index in [0.717, 1.165) is 16.8 Å². The van der Waals surface area contributed by atoms with Crippen LogP contribution in [0, 0.1) is 13.8 Å². The number of carbonyl (C=O) groups excluding carboxylic acids is 1. The summed E-state index contributed by atoms with van der Waals surface area (Å²) in [6.07, 6.45) is 0. The molecule has 8 nitrogen and oxygen atoms in total. The van der Waals surface area contributed by atoms with Gasteiger partial charge in [-0.1, -0.05) is 17.8 Å². The smallest absolute Gasteiger partial charge is 0.234 e. The lowest BCUT2D eigenvalue weighted by atomic mass is 10.1. The van der Waals surface area contributed by atoms with Crippen molar-refractivity contribution in [2.24, 2.45) is 0 Å². The van der Waals surface area contributed by atoms with Gasteiger partial charge in [0, 0.05) is 11.3 Å². The molecule has 1 heterocycles. The van der Waals surface area contributed by atoms with Gasteiger partial charge in [-0.15, -0.1) is 10.2 Å². The molecule has 9 heteroatoms. The lowest BCUT2D eigenvalue weighted by molar-refractivity contribution is -0.113. The van der Waals surface area contributed by atoms with Crippen LogP contribution in [0.2, 0.25) is 0 Å². The van der Waals surface area contributed by atoms with Crippen LogP contribution in [0.5, 0.6) is 11.5 Å². The second-order valence-corrected chi connectivity index (χ2v) is 7.32. The monoisotopic (exact) mass is 413 g/mol. The number of nitrogen functional groups attached to an aromatic ring is 1. The largest absolute Gasteiger partial charge is 0.493 e. The predicted octanol–water partition coefficient (Wildman–Crippen LogP) is 3.02. The van der Waals surface area contributed by atoms with E-state index in [9.17, 15) is 4.79 Å². The van der Waals surface area contributed by atoms with Crippen molar-refractivity contribution >= 4 is 23.4 Å². The molecule has 0 atom stereocenters. The van der Waals surface area contributed by atoms with Gasteiger partial charge in [0.2, 0.25) is 11.1 Å². The number of methoxy groups -OCH3 is 2. The highest BCUT2D eigenvalue weighted by Crippen LogP contribution is 2.32. The average molecular weight is 414 g/mol. The molecule has 0 aliphatic carbocycles. The molecule has 3 N–H and O–H groups in total. The van der Waals surface area contributed by atoms with Crippen molar-refractivity contribution in [2.75, 3.05) is 31.1 Å². The summed E-state index contributed by atoms with van der Waals surface area (Å²) in [7, 11) is 3.13. The number of ether oxygens (including phenoxy) is 2. The fourth-order valence-corrected chi connectivity index (χ4v) is 3.35. The summed E-state index contributed by atoms with van der Waals surface area (Å²) >= 11 is 1.21. The molecule has 29 heavy (non-hydrogen) atoms. The predicted molar refractivity (Wildman–Crippen MR) is 114 cm³/mol. The number of hydrogen-bond donors (Lipinski definition) is 2. The number of thioether (sulfide) groups is 1. The molecule has 0 unspecified atom stereocenters. The number of benzene rings is 2. The Balaban J connectivity index is 1.68. The Morgan fingerprint density at radius 1 is 1.07 bits per heavy atom. The number of aryl methyl sites for hydroxylation is 2. The second-order valence-electron chi connectivity index (χ2n) is 6.38. The van der Waals surface area contributed by atoms with Crippen LogP contribution in [0.25, 0.3) is 11.4 Å². The molecular weight excluding hydrogens is 390 g/mol. The van der Waals surface area contributed by atoms with Crippen molar-refractivity contribution in [3.63, 3.8) is 0 Å². The maximum absolute atomic E-state index is 12.3. The van der Waals surface area contributed by atoms with E-state index < -0.39 is 0 Å². The third kappa shape index (κ3) is 4.62. The van der Waals surface area contributed by atoms with Gasteiger partial charge in [-0.05, 0) is 55.3 Å². The second kappa shape index (κ2) is 8.87. The third-order valence-corrected chi connectivity index (χ3v) is 5.37. The first-order valence-electron chi connectivity index (χ1n) is 8.85. The van der Waals surface area contributed by atoms with Gasteiger partial charge in [0.15, 0.2) is 17.3 Å². The lowest BCUT2D eigenvalue weighted by Crippen LogP contribution is -2.16. The topological polar surface area (TPSA) is 104 Å². The third-order valence-electron chi connectivity index (χ3n) is 4.43. The van der Waals surface area contributed by atoms with Crippen molar-refractivity contribution < 1.29 is 14.3 Å². The zero-order chi connectivity index (χ0) is 21.0. The lowest BCUT2D eigenvalue weighted by Gasteiger charge is -2.09. The minimum absolute atomic E-state index is 0.145. The van der Waals surface area contributed by atoms with Gasteiger partial charge in [0.05, 0.1) is 20.0 Å². The molecule has 1 aromatic heterocycles. The van der Waals surface area contributed by atoms with Gasteiger partial charge in [0.25, 0.3) is 0 Å². The first kappa shape index (κ1) is 20.5. The number of nitrogens with one attached hydrogen (secondary N) is 1. The van der Waals surface area contributed by atoms with Crippen LogP contribution in [0.1, 0.15) is 11.1 Å². The molecule has 0 spiro atoms. The van der Waals surface area contributed by atoms with E-state index >= 15 is 0 Å². The van der Waals surface area contributed by atoms with Crippen LogP contribution >= 0.6 is 11.8 Å². The summed E-state index contributed by atoms with van der Waals surface area (Å²) in [5.74, 6) is 7.79. The molecule has 0 saturated heterocycles. The molecule has 0 aliphatic heterocycles. The molecule has 3 aromatic rings. The van der Waals surface area contributed by atoms with Crippen molar-refractivity contribution in [3.8, 4) is 22.9 Å². The van der Waals surface area contributed by atoms with Gasteiger partial charge >= 0.3 is 0 Å². The van der Waals surface area contributed by atoms with Crippen LogP contribution in [0.15, 0.2) is 41.6 Å². The van der Waals surface area contributed by atoms with Crippen LogP contribution in [-0.4, -0.2) is 40.8 Å². The van der Waals surface area contributed by atoms with Crippen molar-refractivity contribution in [2.45, 2.75) is 19.0 Å². The Labute approximate surface area is 173 Å². The summed E-state index contributed by atoms with van der Waals surface area (Å²) in [5, 5.41) is 11.5. The molecule has 0 fully saturated rings. The zero-order valence-corrected chi connectivity index (χ0v) is 17.5. The standard InChI is InChI=1S/C20H23N5O3S/c1-12-5-7-15(9-13(12)2)22-18(26)11-29-20-24-23-19(25(20)21)14-6-8-16(27-3)17(10-14)28-4/h5-10H,11,21H2,1-4H3,(H,22,26). The van der Waals surface area contributed by atoms with Crippen LogP contribution in [0.3, 0.4) is 0 Å². The average Bonchev–Trinajstić information content (AvgIpc) is 3.09. The van der Waals surface area contributed by atoms with Gasteiger partial charge in [0.1, 0.15) is 0 Å². The highest BCUT2D eigenvalue weighted by molar-refractivity contribution is 7.99. The fraction of sp³-hybridized carbons (Fsp3) is 0.250. The molecule has 0 radical (unpaired) electrons. The highest BCUT2D eigenvalue weighted by Gasteiger charge is 2.16. The molecular formula is C20H23N5O3S. The van der Waals surface area contributed by atoms with E-state index in [-0.39, 0.29) is 11.7 Å². The number of carbonyl (C=O) groups is 1. The van der Waals surface area contributed by atoms with Gasteiger partial charge in [-0.25, -0.2) is 4.68 Å². The van der Waals surface area contributed by atoms with Gasteiger partial charge < -0.3 is 20.6 Å². The number of nitrogens with zero attached hydrogens (tertiary/aromatic N) is 3. The van der Waals surface area contributed by atoms with E-state index in [4.69, 9.17) is 15.3 Å². The maximum Gasteiger partial charge on any atom is 0.234 e. The van der Waals surface area contributed by atoms with E-state index in [1.165, 1.54) is 22.0 Å². The van der Waals surface area contributed by atoms with Crippen molar-refractivity contribution in [3.05, 3.63) is 47.5 Å². The highest BCUT2D eigenvalue weighted by atomic mass is 32.2. The van der Waals surface area contributed by atoms with Crippen molar-refractivity contribution in [1.82, 2.24) is 14.9 Å². The molecule has 0 aliphatic rings. The molecule has 2 aromatic carbocycles. The maximum atomic E-state index is 12.3. The first-order valence-corrected chi connectivity index (χ1v) is 9.84. The molecule has 3 rings (SSSR count). The molecule has 152 valence electrons. The van der Waals surface area contributed by atoms with E-state index in [2.05, 4.69) is 15.5 Å². The Bertz CT molecular complexity index is 1030. The minimum Gasteiger partial charge on any atom is -0.493 e. The summed E-state index contributed by atoms with van der Waals surface area (Å²) in [6.45, 7) is 4.03. The Morgan fingerprint density at radius 2 is 1.83 bits per heavy atom. The number of anilines is 1. The number of nitrogens with two attached hydrogens (primary N) is 1. The van der Waals surface area contributed by atoms with Crippen LogP contribution < -0.4 is 20.6 Å². The van der Waals surface area contributed by atoms with Gasteiger partial charge in [-0.3, -0.25) is 4.79 Å².